The topological polar surface area (TPSA) is 99.8 Å². The number of aromatic amines is 1. The van der Waals surface area contributed by atoms with Gasteiger partial charge in [-0.3, -0.25) is 24.1 Å². The standard InChI is InChI=1S/C33H32ClN3O5S2/c1-16-5-8-18(9-6-16)37-31(39)26-20-14-21(27(26)32(37)40)28-25(20)24(29-30(43-28)35-33(41)44-29)19-13-17(34)7-10-22(19)42-15-23(38)36-11-3-2-4-12-36/h5-10,13,20-21,24-28H,2-4,11-12,14-15H2,1H3,(H,35,41)/t20-,21-,24+,25-,26+,27+,28-/m1/s1. The second kappa shape index (κ2) is 10.8. The van der Waals surface area contributed by atoms with Gasteiger partial charge < -0.3 is 14.6 Å². The molecule has 11 heteroatoms. The van der Waals surface area contributed by atoms with E-state index in [2.05, 4.69) is 4.98 Å². The highest BCUT2D eigenvalue weighted by Crippen LogP contribution is 2.69. The molecule has 1 aromatic heterocycles. The first-order valence-corrected chi connectivity index (χ1v) is 17.4. The number of H-pyrrole nitrogens is 1. The van der Waals surface area contributed by atoms with Crippen molar-refractivity contribution in [2.24, 2.45) is 29.6 Å². The summed E-state index contributed by atoms with van der Waals surface area (Å²) >= 11 is 9.43. The summed E-state index contributed by atoms with van der Waals surface area (Å²) in [6.45, 7) is 3.40. The van der Waals surface area contributed by atoms with Crippen LogP contribution in [0.25, 0.3) is 0 Å². The van der Waals surface area contributed by atoms with E-state index < -0.39 is 5.92 Å². The number of hydrogen-bond donors (Lipinski definition) is 1. The number of thioether (sulfide) groups is 1. The quantitative estimate of drug-likeness (QED) is 0.368. The fourth-order valence-corrected chi connectivity index (χ4v) is 11.6. The van der Waals surface area contributed by atoms with Crippen LogP contribution in [0.15, 0.2) is 52.3 Å². The monoisotopic (exact) mass is 649 g/mol. The smallest absolute Gasteiger partial charge is 0.305 e. The number of halogens is 1. The molecule has 5 aliphatic rings. The number of aryl methyl sites for hydroxylation is 1. The third kappa shape index (κ3) is 4.39. The maximum Gasteiger partial charge on any atom is 0.305 e. The summed E-state index contributed by atoms with van der Waals surface area (Å²) in [6.07, 6.45) is 3.93. The van der Waals surface area contributed by atoms with E-state index in [0.29, 0.717) is 16.5 Å². The van der Waals surface area contributed by atoms with Crippen molar-refractivity contribution >= 4 is 58.1 Å². The Morgan fingerprint density at radius 2 is 1.73 bits per heavy atom. The van der Waals surface area contributed by atoms with Gasteiger partial charge in [-0.2, -0.15) is 0 Å². The van der Waals surface area contributed by atoms with Crippen molar-refractivity contribution in [1.82, 2.24) is 9.88 Å². The van der Waals surface area contributed by atoms with Gasteiger partial charge in [-0.1, -0.05) is 40.6 Å². The summed E-state index contributed by atoms with van der Waals surface area (Å²) in [4.78, 5) is 60.8. The van der Waals surface area contributed by atoms with Crippen LogP contribution < -0.4 is 14.5 Å². The number of piperidine rings is 1. The Morgan fingerprint density at radius 3 is 2.48 bits per heavy atom. The number of nitrogens with one attached hydrogen (secondary N) is 1. The SMILES string of the molecule is Cc1ccc(N2C(=O)[C@H]3[C@H]4C[C@@H]([C@@H]3C2=O)[C@@H]2[C@H](c3cc(Cl)ccc3OCC(=O)N3CCCCC3)c3sc(=O)[nH]c3S[C@H]42)cc1. The second-order valence-corrected chi connectivity index (χ2v) is 15.4. The van der Waals surface area contributed by atoms with Crippen molar-refractivity contribution in [3.63, 3.8) is 0 Å². The lowest BCUT2D eigenvalue weighted by Gasteiger charge is -2.43. The predicted octanol–water partition coefficient (Wildman–Crippen LogP) is 5.47. The van der Waals surface area contributed by atoms with E-state index in [-0.39, 0.29) is 64.0 Å². The van der Waals surface area contributed by atoms with Crippen LogP contribution in [0, 0.1) is 36.5 Å². The summed E-state index contributed by atoms with van der Waals surface area (Å²) in [7, 11) is 0. The minimum Gasteiger partial charge on any atom is -0.483 e. The van der Waals surface area contributed by atoms with Crippen LogP contribution in [0.1, 0.15) is 47.6 Å². The maximum atomic E-state index is 14.0. The van der Waals surface area contributed by atoms with Crippen molar-refractivity contribution in [1.29, 1.82) is 0 Å². The molecule has 1 N–H and O–H groups in total. The van der Waals surface area contributed by atoms with Gasteiger partial charge in [-0.05, 0) is 80.7 Å². The highest BCUT2D eigenvalue weighted by molar-refractivity contribution is 8.00. The van der Waals surface area contributed by atoms with Gasteiger partial charge in [0.1, 0.15) is 5.75 Å². The fraction of sp³-hybridized carbons (Fsp3) is 0.455. The average Bonchev–Trinajstić information content (AvgIpc) is 3.76. The van der Waals surface area contributed by atoms with Crippen LogP contribution in [0.2, 0.25) is 5.02 Å². The van der Waals surface area contributed by atoms with Crippen LogP contribution >= 0.6 is 34.7 Å². The lowest BCUT2D eigenvalue weighted by Crippen LogP contribution is -2.43. The number of hydrogen-bond acceptors (Lipinski definition) is 7. The zero-order valence-electron chi connectivity index (χ0n) is 24.2. The van der Waals surface area contributed by atoms with Crippen LogP contribution in [0.5, 0.6) is 5.75 Å². The van der Waals surface area contributed by atoms with Crippen LogP contribution in [0.3, 0.4) is 0 Å². The molecule has 7 atom stereocenters. The molecule has 4 heterocycles. The first-order chi connectivity index (χ1) is 21.3. The Morgan fingerprint density at radius 1 is 1.00 bits per heavy atom. The first-order valence-electron chi connectivity index (χ1n) is 15.3. The van der Waals surface area contributed by atoms with E-state index in [1.165, 1.54) is 16.2 Å². The third-order valence-electron chi connectivity index (χ3n) is 10.4. The number of carbonyl (C=O) groups is 3. The number of fused-ring (bicyclic) bond motifs is 9. The van der Waals surface area contributed by atoms with Crippen LogP contribution in [-0.2, 0) is 14.4 Å². The summed E-state index contributed by atoms with van der Waals surface area (Å²) in [5.41, 5.74) is 2.52. The zero-order valence-corrected chi connectivity index (χ0v) is 26.6. The van der Waals surface area contributed by atoms with Gasteiger partial charge in [-0.25, -0.2) is 0 Å². The Kier molecular flexibility index (Phi) is 6.95. The number of carbonyl (C=O) groups excluding carboxylic acids is 3. The minimum absolute atomic E-state index is 0.00136. The number of benzene rings is 2. The molecule has 44 heavy (non-hydrogen) atoms. The first kappa shape index (κ1) is 28.4. The lowest BCUT2D eigenvalue weighted by molar-refractivity contribution is -0.134. The Bertz CT molecular complexity index is 1730. The third-order valence-corrected chi connectivity index (χ3v) is 13.2. The van der Waals surface area contributed by atoms with Crippen LogP contribution in [-0.4, -0.2) is 52.6 Å². The molecule has 3 aromatic rings. The molecule has 0 unspecified atom stereocenters. The summed E-state index contributed by atoms with van der Waals surface area (Å²) < 4.78 is 6.25. The van der Waals surface area contributed by atoms with Gasteiger partial charge in [0, 0.05) is 39.7 Å². The number of amides is 3. The number of imide groups is 1. The number of nitrogens with zero attached hydrogens (tertiary/aromatic N) is 2. The highest BCUT2D eigenvalue weighted by atomic mass is 35.5. The Hall–Kier alpha value is -3.08. The van der Waals surface area contributed by atoms with E-state index in [0.717, 1.165) is 59.8 Å². The molecule has 2 bridgehead atoms. The van der Waals surface area contributed by atoms with Crippen molar-refractivity contribution in [3.8, 4) is 5.75 Å². The lowest BCUT2D eigenvalue weighted by atomic mass is 9.68. The minimum atomic E-state index is -0.403. The molecule has 2 saturated heterocycles. The van der Waals surface area contributed by atoms with E-state index in [9.17, 15) is 19.2 Å². The van der Waals surface area contributed by atoms with Gasteiger partial charge in [0.05, 0.1) is 22.5 Å². The average molecular weight is 650 g/mol. The molecule has 2 aliphatic carbocycles. The molecule has 2 aromatic carbocycles. The van der Waals surface area contributed by atoms with E-state index in [1.54, 1.807) is 17.8 Å². The van der Waals surface area contributed by atoms with E-state index in [1.807, 2.05) is 48.2 Å². The molecule has 3 aliphatic heterocycles. The highest BCUT2D eigenvalue weighted by Gasteiger charge is 2.69. The largest absolute Gasteiger partial charge is 0.483 e. The van der Waals surface area contributed by atoms with E-state index in [4.69, 9.17) is 16.3 Å². The molecule has 8 nitrogen and oxygen atoms in total. The molecule has 3 amide bonds. The van der Waals surface area contributed by atoms with Gasteiger partial charge in [0.15, 0.2) is 6.61 Å². The van der Waals surface area contributed by atoms with Crippen molar-refractivity contribution in [2.45, 2.75) is 48.8 Å². The molecule has 0 spiro atoms. The van der Waals surface area contributed by atoms with Crippen molar-refractivity contribution in [2.75, 3.05) is 24.6 Å². The van der Waals surface area contributed by atoms with Crippen molar-refractivity contribution < 1.29 is 19.1 Å². The molecule has 2 saturated carbocycles. The summed E-state index contributed by atoms with van der Waals surface area (Å²) in [5, 5.41) is 1.39. The summed E-state index contributed by atoms with van der Waals surface area (Å²) in [6, 6.07) is 13.0. The molecular weight excluding hydrogens is 618 g/mol. The number of likely N-dealkylation sites (tertiary alicyclic amines) is 1. The second-order valence-electron chi connectivity index (χ2n) is 12.7. The Balaban J connectivity index is 1.16. The number of aromatic nitrogens is 1. The maximum absolute atomic E-state index is 14.0. The molecule has 0 radical (unpaired) electrons. The number of ether oxygens (including phenoxy) is 1. The van der Waals surface area contributed by atoms with Gasteiger partial charge in [0.2, 0.25) is 11.8 Å². The van der Waals surface area contributed by atoms with Gasteiger partial charge in [0.25, 0.3) is 5.91 Å². The number of anilines is 1. The van der Waals surface area contributed by atoms with Crippen molar-refractivity contribution in [3.05, 3.63) is 73.2 Å². The summed E-state index contributed by atoms with van der Waals surface area (Å²) in [5.74, 6) is -0.764. The molecule has 228 valence electrons. The van der Waals surface area contributed by atoms with Crippen LogP contribution in [0.4, 0.5) is 5.69 Å². The predicted molar refractivity (Wildman–Crippen MR) is 170 cm³/mol. The molecule has 8 rings (SSSR count). The molecule has 4 fully saturated rings. The fourth-order valence-electron chi connectivity index (χ4n) is 8.58. The number of thiazole rings is 1. The zero-order chi connectivity index (χ0) is 30.3. The Labute approximate surface area is 268 Å². The van der Waals surface area contributed by atoms with E-state index >= 15 is 0 Å². The van der Waals surface area contributed by atoms with Gasteiger partial charge in [-0.15, -0.1) is 11.8 Å². The number of rotatable bonds is 5. The normalized spacial score (nSPS) is 30.4. The van der Waals surface area contributed by atoms with Gasteiger partial charge >= 0.3 is 4.87 Å². The molecular formula is C33H32ClN3O5S2.